The Labute approximate surface area is 214 Å². The molecule has 1 amide bonds. The van der Waals surface area contributed by atoms with Gasteiger partial charge in [-0.2, -0.15) is 13.2 Å². The highest BCUT2D eigenvalue weighted by molar-refractivity contribution is 5.94. The molecule has 0 saturated carbocycles. The van der Waals surface area contributed by atoms with Crippen molar-refractivity contribution in [2.45, 2.75) is 18.0 Å². The van der Waals surface area contributed by atoms with E-state index in [9.17, 15) is 22.8 Å². The Balaban J connectivity index is 1.61. The first-order valence-corrected chi connectivity index (χ1v) is 11.8. The monoisotopic (exact) mass is 530 g/mol. The van der Waals surface area contributed by atoms with Crippen molar-refractivity contribution in [3.63, 3.8) is 0 Å². The second-order valence-electron chi connectivity index (χ2n) is 9.49. The number of hydrogen-bond donors (Lipinski definition) is 1. The number of carbonyl (C=O) groups is 1. The highest BCUT2D eigenvalue weighted by atomic mass is 19.4. The molecule has 0 radical (unpaired) electrons. The number of hydrogen-bond acceptors (Lipinski definition) is 6. The Kier molecular flexibility index (Phi) is 6.35. The molecular weight excluding hydrogens is 505 g/mol. The Hall–Kier alpha value is -3.97. The van der Waals surface area contributed by atoms with Gasteiger partial charge in [0.1, 0.15) is 12.2 Å². The van der Waals surface area contributed by atoms with Gasteiger partial charge in [-0.05, 0) is 23.8 Å². The lowest BCUT2D eigenvalue weighted by atomic mass is 9.75. The SMILES string of the molecule is CN(CCO)C(=O)c1cc(C(F)(F)F)c2cn(-c3cccc(C4(Cc5nncn5C)COC4)c3)c(=O)n2c1. The molecule has 200 valence electrons. The molecule has 1 fully saturated rings. The van der Waals surface area contributed by atoms with Crippen LogP contribution in [0.2, 0.25) is 0 Å². The standard InChI is InChI=1S/C25H25F3N6O4/c1-31(6-7-35)22(36)16-8-19(25(26,27)28)20-12-33(23(37)34(20)11-16)18-5-3-4-17(9-18)24(13-38-14-24)10-21-30-29-15-32(21)2/h3-5,8-9,11-12,15,35H,6-7,10,13-14H2,1-2H3. The number of benzene rings is 1. The third-order valence-corrected chi connectivity index (χ3v) is 6.90. The number of amides is 1. The van der Waals surface area contributed by atoms with Crippen LogP contribution in [0.15, 0.2) is 53.8 Å². The molecule has 1 aliphatic heterocycles. The summed E-state index contributed by atoms with van der Waals surface area (Å²) in [5, 5.41) is 17.2. The van der Waals surface area contributed by atoms with Crippen molar-refractivity contribution >= 4 is 11.4 Å². The van der Waals surface area contributed by atoms with Gasteiger partial charge in [0, 0.05) is 44.9 Å². The summed E-state index contributed by atoms with van der Waals surface area (Å²) >= 11 is 0. The van der Waals surface area contributed by atoms with Crippen molar-refractivity contribution in [1.82, 2.24) is 28.6 Å². The average molecular weight is 531 g/mol. The van der Waals surface area contributed by atoms with Gasteiger partial charge in [0.25, 0.3) is 5.91 Å². The summed E-state index contributed by atoms with van der Waals surface area (Å²) in [6.07, 6.45) is -0.461. The number of alkyl halides is 3. The van der Waals surface area contributed by atoms with Crippen molar-refractivity contribution in [2.24, 2.45) is 7.05 Å². The summed E-state index contributed by atoms with van der Waals surface area (Å²) in [5.41, 5.74) is -1.76. The summed E-state index contributed by atoms with van der Waals surface area (Å²) in [5.74, 6) is 0.00690. The predicted molar refractivity (Wildman–Crippen MR) is 129 cm³/mol. The molecule has 0 aliphatic carbocycles. The Bertz CT molecular complexity index is 1570. The van der Waals surface area contributed by atoms with Gasteiger partial charge >= 0.3 is 11.9 Å². The minimum absolute atomic E-state index is 0.0687. The highest BCUT2D eigenvalue weighted by Gasteiger charge is 2.42. The number of ether oxygens (including phenoxy) is 1. The molecule has 1 aliphatic rings. The smallest absolute Gasteiger partial charge is 0.395 e. The van der Waals surface area contributed by atoms with Crippen molar-refractivity contribution in [1.29, 1.82) is 0 Å². The molecule has 13 heteroatoms. The van der Waals surface area contributed by atoms with Crippen molar-refractivity contribution in [2.75, 3.05) is 33.4 Å². The molecule has 0 spiro atoms. The number of aliphatic hydroxyl groups excluding tert-OH is 1. The fourth-order valence-corrected chi connectivity index (χ4v) is 4.66. The number of pyridine rings is 1. The summed E-state index contributed by atoms with van der Waals surface area (Å²) in [6.45, 7) is 0.412. The second-order valence-corrected chi connectivity index (χ2v) is 9.49. The number of aryl methyl sites for hydroxylation is 1. The fraction of sp³-hybridized carbons (Fsp3) is 0.360. The summed E-state index contributed by atoms with van der Waals surface area (Å²) < 4.78 is 51.4. The molecule has 1 aromatic carbocycles. The number of carbonyl (C=O) groups excluding carboxylic acids is 1. The van der Waals surface area contributed by atoms with E-state index in [-0.39, 0.29) is 24.2 Å². The lowest BCUT2D eigenvalue weighted by molar-refractivity contribution is -0.136. The molecular formula is C25H25F3N6O4. The second kappa shape index (κ2) is 9.40. The topological polar surface area (TPSA) is 107 Å². The first kappa shape index (κ1) is 25.7. The number of halogens is 3. The van der Waals surface area contributed by atoms with Gasteiger partial charge in [-0.3, -0.25) is 13.8 Å². The van der Waals surface area contributed by atoms with Crippen LogP contribution in [0.4, 0.5) is 13.2 Å². The Morgan fingerprint density at radius 3 is 2.61 bits per heavy atom. The van der Waals surface area contributed by atoms with E-state index in [4.69, 9.17) is 9.84 Å². The maximum absolute atomic E-state index is 14.0. The van der Waals surface area contributed by atoms with Gasteiger partial charge in [0.2, 0.25) is 0 Å². The zero-order valence-electron chi connectivity index (χ0n) is 20.6. The van der Waals surface area contributed by atoms with Gasteiger partial charge in [0.05, 0.1) is 42.2 Å². The van der Waals surface area contributed by atoms with Gasteiger partial charge in [-0.1, -0.05) is 12.1 Å². The molecule has 38 heavy (non-hydrogen) atoms. The summed E-state index contributed by atoms with van der Waals surface area (Å²) in [6, 6.07) is 7.74. The van der Waals surface area contributed by atoms with Crippen LogP contribution < -0.4 is 5.69 Å². The Morgan fingerprint density at radius 2 is 2.00 bits per heavy atom. The number of rotatable bonds is 7. The van der Waals surface area contributed by atoms with E-state index in [2.05, 4.69) is 10.2 Å². The van der Waals surface area contributed by atoms with E-state index in [1.54, 1.807) is 24.5 Å². The first-order chi connectivity index (χ1) is 18.0. The normalized spacial score (nSPS) is 15.0. The molecule has 1 saturated heterocycles. The van der Waals surface area contributed by atoms with Crippen LogP contribution in [0.25, 0.3) is 11.2 Å². The van der Waals surface area contributed by atoms with E-state index < -0.39 is 28.8 Å². The zero-order valence-corrected chi connectivity index (χ0v) is 20.6. The largest absolute Gasteiger partial charge is 0.418 e. The molecule has 4 heterocycles. The van der Waals surface area contributed by atoms with Crippen LogP contribution in [0.3, 0.4) is 0 Å². The van der Waals surface area contributed by atoms with E-state index in [1.165, 1.54) is 7.05 Å². The molecule has 10 nitrogen and oxygen atoms in total. The van der Waals surface area contributed by atoms with Crippen LogP contribution in [-0.4, -0.2) is 73.1 Å². The van der Waals surface area contributed by atoms with Crippen LogP contribution >= 0.6 is 0 Å². The summed E-state index contributed by atoms with van der Waals surface area (Å²) in [7, 11) is 3.20. The predicted octanol–water partition coefficient (Wildman–Crippen LogP) is 1.81. The van der Waals surface area contributed by atoms with E-state index in [1.807, 2.05) is 17.7 Å². The number of imidazole rings is 1. The van der Waals surface area contributed by atoms with Crippen LogP contribution in [0.5, 0.6) is 0 Å². The minimum Gasteiger partial charge on any atom is -0.395 e. The number of fused-ring (bicyclic) bond motifs is 1. The third kappa shape index (κ3) is 4.37. The van der Waals surface area contributed by atoms with Crippen LogP contribution in [0.1, 0.15) is 27.3 Å². The molecule has 0 atom stereocenters. The number of likely N-dealkylation sites (N-methyl/N-ethyl adjacent to an activating group) is 1. The van der Waals surface area contributed by atoms with Gasteiger partial charge in [-0.25, -0.2) is 4.79 Å². The van der Waals surface area contributed by atoms with E-state index in [0.717, 1.165) is 43.7 Å². The molecule has 4 aromatic rings. The van der Waals surface area contributed by atoms with Gasteiger partial charge in [-0.15, -0.1) is 10.2 Å². The highest BCUT2D eigenvalue weighted by Crippen LogP contribution is 2.37. The molecule has 3 aromatic heterocycles. The maximum Gasteiger partial charge on any atom is 0.418 e. The van der Waals surface area contributed by atoms with Crippen LogP contribution in [-0.2, 0) is 29.8 Å². The fourth-order valence-electron chi connectivity index (χ4n) is 4.66. The van der Waals surface area contributed by atoms with Gasteiger partial charge in [0.15, 0.2) is 0 Å². The average Bonchev–Trinajstić information content (AvgIpc) is 3.42. The number of nitrogens with zero attached hydrogens (tertiary/aromatic N) is 6. The maximum atomic E-state index is 14.0. The number of aromatic nitrogens is 5. The van der Waals surface area contributed by atoms with E-state index in [0.29, 0.717) is 25.3 Å². The van der Waals surface area contributed by atoms with Crippen molar-refractivity contribution in [3.05, 3.63) is 82.1 Å². The molecule has 0 bridgehead atoms. The van der Waals surface area contributed by atoms with E-state index >= 15 is 0 Å². The molecule has 1 N–H and O–H groups in total. The van der Waals surface area contributed by atoms with Crippen LogP contribution in [0, 0.1) is 0 Å². The Morgan fingerprint density at radius 1 is 1.24 bits per heavy atom. The molecule has 5 rings (SSSR count). The van der Waals surface area contributed by atoms with Crippen molar-refractivity contribution < 1.29 is 27.8 Å². The lowest BCUT2D eigenvalue weighted by Crippen LogP contribution is -2.49. The number of aliphatic hydroxyl groups is 1. The zero-order chi connectivity index (χ0) is 27.2. The van der Waals surface area contributed by atoms with Gasteiger partial charge < -0.3 is 19.3 Å². The lowest BCUT2D eigenvalue weighted by Gasteiger charge is -2.41. The third-order valence-electron chi connectivity index (χ3n) is 6.90. The minimum atomic E-state index is -4.82. The molecule has 0 unspecified atom stereocenters. The van der Waals surface area contributed by atoms with Crippen molar-refractivity contribution in [3.8, 4) is 5.69 Å². The quantitative estimate of drug-likeness (QED) is 0.391. The first-order valence-electron chi connectivity index (χ1n) is 11.8. The summed E-state index contributed by atoms with van der Waals surface area (Å²) in [4.78, 5) is 27.2.